The van der Waals surface area contributed by atoms with Crippen LogP contribution in [0.4, 0.5) is 0 Å². The molecule has 63 valence electrons. The fraction of sp³-hybridized carbons (Fsp3) is 0.714. The average molecular weight is 389 g/mol. The van der Waals surface area contributed by atoms with E-state index >= 15 is 0 Å². The van der Waals surface area contributed by atoms with Crippen LogP contribution in [-0.2, 0) is 4.57 Å². The van der Waals surface area contributed by atoms with E-state index in [4.69, 9.17) is 5.11 Å². The molecule has 1 N–H and O–H groups in total. The molecule has 0 aliphatic rings. The van der Waals surface area contributed by atoms with Gasteiger partial charge in [-0.3, -0.25) is 0 Å². The first-order chi connectivity index (χ1) is 4.56. The summed E-state index contributed by atoms with van der Waals surface area (Å²) < 4.78 is 11.1. The maximum Gasteiger partial charge on any atom is 0.0854 e. The fourth-order valence-electron chi connectivity index (χ4n) is 0.521. The Labute approximate surface area is 104 Å². The Morgan fingerprint density at radius 3 is 2.27 bits per heavy atom. The van der Waals surface area contributed by atoms with Crippen LogP contribution in [0.3, 0.4) is 0 Å². The number of aliphatic hydroxyl groups excluding tert-OH is 1. The van der Waals surface area contributed by atoms with Gasteiger partial charge < -0.3 is 9.67 Å². The smallest absolute Gasteiger partial charge is 0.0854 e. The second-order valence-electron chi connectivity index (χ2n) is 2.74. The molecule has 0 aromatic rings. The van der Waals surface area contributed by atoms with Crippen molar-refractivity contribution in [3.05, 3.63) is 12.2 Å². The van der Waals surface area contributed by atoms with Crippen molar-refractivity contribution in [2.24, 2.45) is 0 Å². The van der Waals surface area contributed by atoms with Gasteiger partial charge in [-0.05, 0) is 19.8 Å². The van der Waals surface area contributed by atoms with Crippen molar-refractivity contribution < 1.29 is 53.7 Å². The first-order valence-corrected chi connectivity index (χ1v) is 6.15. The van der Waals surface area contributed by atoms with Gasteiger partial charge in [-0.15, -0.1) is 0 Å². The number of rotatable bonds is 4. The molecule has 0 amide bonds. The molecule has 0 rings (SSSR count). The summed E-state index contributed by atoms with van der Waals surface area (Å²) in [7, 11) is -1.87. The monoisotopic (exact) mass is 389 g/mol. The van der Waals surface area contributed by atoms with Crippen molar-refractivity contribution in [3.63, 3.8) is 0 Å². The number of hydrogen-bond donors (Lipinski definition) is 1. The normalized spacial score (nSPS) is 11.5. The van der Waals surface area contributed by atoms with Gasteiger partial charge in [0, 0.05) is 56.8 Å². The van der Waals surface area contributed by atoms with Crippen molar-refractivity contribution in [3.8, 4) is 0 Å². The summed E-state index contributed by atoms with van der Waals surface area (Å²) in [6.07, 6.45) is 5.05. The SMILES string of the molecule is CP(C)(=O)CC=CCCO.[Ac]. The molecular formula is C7H15AcO2P. The van der Waals surface area contributed by atoms with Gasteiger partial charge in [0.2, 0.25) is 0 Å². The summed E-state index contributed by atoms with van der Waals surface area (Å²) in [6.45, 7) is 3.70. The van der Waals surface area contributed by atoms with Crippen LogP contribution in [0.1, 0.15) is 6.42 Å². The molecule has 0 fully saturated rings. The minimum absolute atomic E-state index is 0. The standard InChI is InChI=1S/C7H15O2P.Ac/c1-10(2,9)7-5-3-4-6-8;/h3,5,8H,4,6-7H2,1-2H3;. The van der Waals surface area contributed by atoms with Crippen molar-refractivity contribution in [1.82, 2.24) is 0 Å². The van der Waals surface area contributed by atoms with Gasteiger partial charge in [-0.25, -0.2) is 0 Å². The third kappa shape index (κ3) is 14.3. The molecule has 0 saturated carbocycles. The molecule has 0 saturated heterocycles. The van der Waals surface area contributed by atoms with Crippen molar-refractivity contribution in [2.45, 2.75) is 6.42 Å². The van der Waals surface area contributed by atoms with Crippen LogP contribution in [0.25, 0.3) is 0 Å². The number of aliphatic hydroxyl groups is 1. The van der Waals surface area contributed by atoms with Gasteiger partial charge >= 0.3 is 0 Å². The van der Waals surface area contributed by atoms with E-state index in [1.165, 1.54) is 0 Å². The summed E-state index contributed by atoms with van der Waals surface area (Å²) in [6, 6.07) is 0. The average Bonchev–Trinajstić information content (AvgIpc) is 1.78. The minimum atomic E-state index is -1.87. The molecule has 4 heteroatoms. The molecule has 0 spiro atoms. The van der Waals surface area contributed by atoms with Crippen molar-refractivity contribution in [2.75, 3.05) is 26.1 Å². The summed E-state index contributed by atoms with van der Waals surface area (Å²) in [5.41, 5.74) is 0. The maximum absolute atomic E-state index is 11.1. The summed E-state index contributed by atoms with van der Waals surface area (Å²) in [4.78, 5) is 0. The Hall–Kier alpha value is 1.37. The largest absolute Gasteiger partial charge is 0.396 e. The van der Waals surface area contributed by atoms with Crippen LogP contribution in [0, 0.1) is 44.1 Å². The van der Waals surface area contributed by atoms with E-state index in [1.807, 2.05) is 12.2 Å². The molecule has 0 bridgehead atoms. The Bertz CT molecular complexity index is 151. The Morgan fingerprint density at radius 1 is 1.36 bits per heavy atom. The van der Waals surface area contributed by atoms with Crippen molar-refractivity contribution in [1.29, 1.82) is 0 Å². The maximum atomic E-state index is 11.1. The van der Waals surface area contributed by atoms with E-state index in [9.17, 15) is 4.57 Å². The van der Waals surface area contributed by atoms with Crippen LogP contribution >= 0.6 is 7.14 Å². The van der Waals surface area contributed by atoms with Gasteiger partial charge in [-0.2, -0.15) is 0 Å². The van der Waals surface area contributed by atoms with Crippen molar-refractivity contribution >= 4 is 7.14 Å². The molecule has 2 nitrogen and oxygen atoms in total. The predicted molar refractivity (Wildman–Crippen MR) is 45.2 cm³/mol. The molecule has 0 unspecified atom stereocenters. The molecule has 0 atom stereocenters. The van der Waals surface area contributed by atoms with E-state index in [-0.39, 0.29) is 50.7 Å². The van der Waals surface area contributed by atoms with Crippen LogP contribution in [0.2, 0.25) is 0 Å². The Kier molecular flexibility index (Phi) is 10.8. The van der Waals surface area contributed by atoms with Crippen LogP contribution in [0.5, 0.6) is 0 Å². The summed E-state index contributed by atoms with van der Waals surface area (Å²) >= 11 is 0. The van der Waals surface area contributed by atoms with E-state index in [0.717, 1.165) is 0 Å². The first kappa shape index (κ1) is 14.9. The predicted octanol–water partition coefficient (Wildman–Crippen LogP) is 1.55. The molecule has 0 aromatic carbocycles. The second kappa shape index (κ2) is 7.99. The number of allylic oxidation sites excluding steroid dienone is 1. The van der Waals surface area contributed by atoms with Gasteiger partial charge in [0.05, 0.1) is 7.14 Å². The zero-order valence-electron chi connectivity index (χ0n) is 7.16. The van der Waals surface area contributed by atoms with Gasteiger partial charge in [0.25, 0.3) is 0 Å². The molecule has 0 aliphatic heterocycles. The summed E-state index contributed by atoms with van der Waals surface area (Å²) in [5, 5.41) is 8.38. The molecule has 0 aromatic heterocycles. The Morgan fingerprint density at radius 2 is 1.91 bits per heavy atom. The third-order valence-electron chi connectivity index (χ3n) is 1.01. The summed E-state index contributed by atoms with van der Waals surface area (Å²) in [5.74, 6) is 0. The number of hydrogen-bond acceptors (Lipinski definition) is 2. The molecule has 0 aliphatic carbocycles. The minimum Gasteiger partial charge on any atom is -0.396 e. The van der Waals surface area contributed by atoms with E-state index < -0.39 is 7.14 Å². The molecule has 11 heavy (non-hydrogen) atoms. The molecule has 1 radical (unpaired) electrons. The van der Waals surface area contributed by atoms with Crippen LogP contribution in [0.15, 0.2) is 12.2 Å². The van der Waals surface area contributed by atoms with Gasteiger partial charge in [0.1, 0.15) is 0 Å². The molecule has 0 heterocycles. The molecular weight excluding hydrogens is 374 g/mol. The first-order valence-electron chi connectivity index (χ1n) is 3.36. The topological polar surface area (TPSA) is 37.3 Å². The zero-order chi connectivity index (χ0) is 8.04. The van der Waals surface area contributed by atoms with E-state index in [2.05, 4.69) is 0 Å². The van der Waals surface area contributed by atoms with Gasteiger partial charge in [0.15, 0.2) is 0 Å². The third-order valence-corrected chi connectivity index (χ3v) is 2.10. The van der Waals surface area contributed by atoms with E-state index in [0.29, 0.717) is 12.6 Å². The zero-order valence-corrected chi connectivity index (χ0v) is 12.8. The second-order valence-corrected chi connectivity index (χ2v) is 6.25. The fourth-order valence-corrected chi connectivity index (χ4v) is 1.18. The van der Waals surface area contributed by atoms with E-state index in [1.54, 1.807) is 13.3 Å². The van der Waals surface area contributed by atoms with Gasteiger partial charge in [-0.1, -0.05) is 12.2 Å². The van der Waals surface area contributed by atoms with Crippen LogP contribution < -0.4 is 0 Å². The Balaban J connectivity index is 0. The quantitative estimate of drug-likeness (QED) is 0.586. The van der Waals surface area contributed by atoms with Crippen LogP contribution in [-0.4, -0.2) is 31.2 Å².